The fourth-order valence-electron chi connectivity index (χ4n) is 2.57. The minimum absolute atomic E-state index is 0.138. The van der Waals surface area contributed by atoms with Gasteiger partial charge < -0.3 is 31.9 Å². The highest BCUT2D eigenvalue weighted by atomic mass is 32.2. The van der Waals surface area contributed by atoms with Crippen LogP contribution in [0.4, 0.5) is 0 Å². The van der Waals surface area contributed by atoms with Crippen LogP contribution < -0.4 is 21.7 Å². The van der Waals surface area contributed by atoms with Crippen LogP contribution in [-0.4, -0.2) is 76.7 Å². The zero-order valence-electron chi connectivity index (χ0n) is 17.5. The topological polar surface area (TPSA) is 171 Å². The Hall–Kier alpha value is -2.63. The standard InChI is InChI=1S/C20H30N4O6S/c1-12(20(29)30)22-18(27)15(8-9-31-2)23-19(28)16(24-17(26)14(21)11-25)10-13-6-4-3-5-7-13/h3-7,12,14-16,25H,8-11,21H2,1-2H3,(H,22,27)(H,23,28)(H,24,26)(H,29,30). The van der Waals surface area contributed by atoms with E-state index >= 15 is 0 Å². The Labute approximate surface area is 185 Å². The van der Waals surface area contributed by atoms with Crippen molar-refractivity contribution >= 4 is 35.5 Å². The zero-order chi connectivity index (χ0) is 23.4. The number of hydrogen-bond acceptors (Lipinski definition) is 7. The fourth-order valence-corrected chi connectivity index (χ4v) is 3.04. The number of carboxylic acid groups (broad SMARTS) is 1. The smallest absolute Gasteiger partial charge is 0.325 e. The number of aliphatic carboxylic acids is 1. The lowest BCUT2D eigenvalue weighted by atomic mass is 10.0. The molecule has 1 aromatic rings. The van der Waals surface area contributed by atoms with Crippen molar-refractivity contribution in [3.8, 4) is 0 Å². The van der Waals surface area contributed by atoms with Crippen LogP contribution in [0, 0.1) is 0 Å². The van der Waals surface area contributed by atoms with Crippen LogP contribution in [0.5, 0.6) is 0 Å². The van der Waals surface area contributed by atoms with Crippen LogP contribution in [-0.2, 0) is 25.6 Å². The highest BCUT2D eigenvalue weighted by Crippen LogP contribution is 2.07. The van der Waals surface area contributed by atoms with Gasteiger partial charge in [0.15, 0.2) is 0 Å². The molecule has 0 heterocycles. The largest absolute Gasteiger partial charge is 0.480 e. The van der Waals surface area contributed by atoms with E-state index in [9.17, 15) is 19.2 Å². The Balaban J connectivity index is 2.99. The van der Waals surface area contributed by atoms with Gasteiger partial charge in [-0.05, 0) is 30.9 Å². The van der Waals surface area contributed by atoms with Gasteiger partial charge in [-0.1, -0.05) is 30.3 Å². The number of nitrogens with one attached hydrogen (secondary N) is 3. The second-order valence-electron chi connectivity index (χ2n) is 6.95. The molecule has 4 atom stereocenters. The molecule has 0 bridgehead atoms. The number of hydrogen-bond donors (Lipinski definition) is 6. The molecule has 0 spiro atoms. The van der Waals surface area contributed by atoms with Crippen molar-refractivity contribution in [1.82, 2.24) is 16.0 Å². The van der Waals surface area contributed by atoms with E-state index in [0.29, 0.717) is 5.75 Å². The number of carbonyl (C=O) groups is 4. The second kappa shape index (κ2) is 13.6. The Bertz CT molecular complexity index is 748. The normalized spacial score (nSPS) is 14.6. The lowest BCUT2D eigenvalue weighted by Crippen LogP contribution is -2.57. The molecule has 0 aliphatic carbocycles. The molecule has 0 fully saturated rings. The van der Waals surface area contributed by atoms with Crippen molar-refractivity contribution < 1.29 is 29.4 Å². The van der Waals surface area contributed by atoms with Crippen LogP contribution >= 0.6 is 11.8 Å². The molecule has 3 amide bonds. The van der Waals surface area contributed by atoms with Crippen molar-refractivity contribution in [2.75, 3.05) is 18.6 Å². The predicted octanol–water partition coefficient (Wildman–Crippen LogP) is -1.14. The number of aliphatic hydroxyl groups excluding tert-OH is 1. The molecule has 11 heteroatoms. The maximum Gasteiger partial charge on any atom is 0.325 e. The minimum Gasteiger partial charge on any atom is -0.480 e. The average molecular weight is 455 g/mol. The average Bonchev–Trinajstić information content (AvgIpc) is 2.75. The number of carboxylic acids is 1. The number of rotatable bonds is 13. The van der Waals surface area contributed by atoms with Crippen LogP contribution in [0.3, 0.4) is 0 Å². The van der Waals surface area contributed by atoms with E-state index in [1.807, 2.05) is 12.3 Å². The zero-order valence-corrected chi connectivity index (χ0v) is 18.4. The summed E-state index contributed by atoms with van der Waals surface area (Å²) in [4.78, 5) is 48.7. The van der Waals surface area contributed by atoms with Gasteiger partial charge in [0.2, 0.25) is 17.7 Å². The first-order chi connectivity index (χ1) is 14.7. The van der Waals surface area contributed by atoms with E-state index in [1.54, 1.807) is 24.3 Å². The van der Waals surface area contributed by atoms with E-state index in [4.69, 9.17) is 15.9 Å². The van der Waals surface area contributed by atoms with Crippen molar-refractivity contribution in [3.63, 3.8) is 0 Å². The third kappa shape index (κ3) is 9.37. The molecule has 10 nitrogen and oxygen atoms in total. The summed E-state index contributed by atoms with van der Waals surface area (Å²) in [5.41, 5.74) is 6.31. The first kappa shape index (κ1) is 26.4. The number of nitrogens with two attached hydrogens (primary N) is 1. The Kier molecular flexibility index (Phi) is 11.6. The SMILES string of the molecule is CSCCC(NC(=O)C(Cc1ccccc1)NC(=O)C(N)CO)C(=O)NC(C)C(=O)O. The van der Waals surface area contributed by atoms with E-state index < -0.39 is 54.5 Å². The van der Waals surface area contributed by atoms with E-state index in [0.717, 1.165) is 5.56 Å². The maximum absolute atomic E-state index is 13.0. The Morgan fingerprint density at radius 3 is 2.13 bits per heavy atom. The van der Waals surface area contributed by atoms with Crippen molar-refractivity contribution in [1.29, 1.82) is 0 Å². The maximum atomic E-state index is 13.0. The third-order valence-corrected chi connectivity index (χ3v) is 5.07. The van der Waals surface area contributed by atoms with Gasteiger partial charge in [0.05, 0.1) is 6.61 Å². The summed E-state index contributed by atoms with van der Waals surface area (Å²) >= 11 is 1.47. The molecule has 1 aromatic carbocycles. The highest BCUT2D eigenvalue weighted by Gasteiger charge is 2.29. The van der Waals surface area contributed by atoms with E-state index in [-0.39, 0.29) is 12.8 Å². The summed E-state index contributed by atoms with van der Waals surface area (Å²) in [5, 5.41) is 25.6. The van der Waals surface area contributed by atoms with Crippen molar-refractivity contribution in [2.45, 2.75) is 43.9 Å². The van der Waals surface area contributed by atoms with Gasteiger partial charge in [0.1, 0.15) is 24.2 Å². The predicted molar refractivity (Wildman–Crippen MR) is 117 cm³/mol. The van der Waals surface area contributed by atoms with Crippen molar-refractivity contribution in [2.24, 2.45) is 5.73 Å². The fraction of sp³-hybridized carbons (Fsp3) is 0.500. The van der Waals surface area contributed by atoms with Gasteiger partial charge in [0.25, 0.3) is 0 Å². The number of thioether (sulfide) groups is 1. The molecule has 0 aliphatic rings. The van der Waals surface area contributed by atoms with Gasteiger partial charge in [-0.15, -0.1) is 0 Å². The molecule has 0 saturated heterocycles. The Morgan fingerprint density at radius 2 is 1.58 bits per heavy atom. The van der Waals surface area contributed by atoms with Crippen LogP contribution in [0.2, 0.25) is 0 Å². The lowest BCUT2D eigenvalue weighted by molar-refractivity contribution is -0.141. The molecule has 172 valence electrons. The lowest BCUT2D eigenvalue weighted by Gasteiger charge is -2.24. The molecular formula is C20H30N4O6S. The third-order valence-electron chi connectivity index (χ3n) is 4.42. The summed E-state index contributed by atoms with van der Waals surface area (Å²) in [6, 6.07) is 4.60. The van der Waals surface area contributed by atoms with Crippen LogP contribution in [0.1, 0.15) is 18.9 Å². The van der Waals surface area contributed by atoms with E-state index in [1.165, 1.54) is 18.7 Å². The Morgan fingerprint density at radius 1 is 1.00 bits per heavy atom. The number of carbonyl (C=O) groups excluding carboxylic acids is 3. The molecule has 0 aliphatic heterocycles. The molecule has 31 heavy (non-hydrogen) atoms. The molecule has 7 N–H and O–H groups in total. The second-order valence-corrected chi connectivity index (χ2v) is 7.94. The summed E-state index contributed by atoms with van der Waals surface area (Å²) < 4.78 is 0. The quantitative estimate of drug-likeness (QED) is 0.217. The van der Waals surface area contributed by atoms with Gasteiger partial charge in [-0.3, -0.25) is 19.2 Å². The first-order valence-electron chi connectivity index (χ1n) is 9.72. The molecule has 0 aromatic heterocycles. The monoisotopic (exact) mass is 454 g/mol. The molecule has 1 rings (SSSR count). The summed E-state index contributed by atoms with van der Waals surface area (Å²) in [5.74, 6) is -2.61. The van der Waals surface area contributed by atoms with Gasteiger partial charge in [0, 0.05) is 6.42 Å². The summed E-state index contributed by atoms with van der Waals surface area (Å²) in [6.07, 6.45) is 2.25. The molecule has 4 unspecified atom stereocenters. The number of aliphatic hydroxyl groups is 1. The van der Waals surface area contributed by atoms with Crippen molar-refractivity contribution in [3.05, 3.63) is 35.9 Å². The number of benzene rings is 1. The van der Waals surface area contributed by atoms with Gasteiger partial charge in [-0.2, -0.15) is 11.8 Å². The first-order valence-corrected chi connectivity index (χ1v) is 11.1. The highest BCUT2D eigenvalue weighted by molar-refractivity contribution is 7.98. The minimum atomic E-state index is -1.20. The van der Waals surface area contributed by atoms with E-state index in [2.05, 4.69) is 16.0 Å². The van der Waals surface area contributed by atoms with Crippen LogP contribution in [0.15, 0.2) is 30.3 Å². The van der Waals surface area contributed by atoms with Crippen LogP contribution in [0.25, 0.3) is 0 Å². The summed E-state index contributed by atoms with van der Waals surface area (Å²) in [7, 11) is 0. The summed E-state index contributed by atoms with van der Waals surface area (Å²) in [6.45, 7) is 0.736. The van der Waals surface area contributed by atoms with Gasteiger partial charge >= 0.3 is 5.97 Å². The molecule has 0 saturated carbocycles. The molecule has 0 radical (unpaired) electrons. The molecular weight excluding hydrogens is 424 g/mol. The number of amides is 3. The van der Waals surface area contributed by atoms with Gasteiger partial charge in [-0.25, -0.2) is 0 Å².